The van der Waals surface area contributed by atoms with Crippen LogP contribution >= 0.6 is 0 Å². The Balaban J connectivity index is 1.52. The van der Waals surface area contributed by atoms with Crippen LogP contribution in [0.2, 0.25) is 0 Å². The smallest absolute Gasteiger partial charge is 0.253 e. The number of ether oxygens (including phenoxy) is 2. The van der Waals surface area contributed by atoms with Gasteiger partial charge in [0.2, 0.25) is 0 Å². The fraction of sp³-hybridized carbons (Fsp3) is 0.474. The zero-order chi connectivity index (χ0) is 18.9. The lowest BCUT2D eigenvalue weighted by Crippen LogP contribution is -2.60. The van der Waals surface area contributed by atoms with Crippen LogP contribution in [0.1, 0.15) is 5.56 Å². The van der Waals surface area contributed by atoms with Crippen molar-refractivity contribution in [3.63, 3.8) is 0 Å². The van der Waals surface area contributed by atoms with E-state index in [1.54, 1.807) is 21.7 Å². The Morgan fingerprint density at radius 2 is 2.07 bits per heavy atom. The molecule has 0 aliphatic carbocycles. The topological polar surface area (TPSA) is 59.8 Å². The van der Waals surface area contributed by atoms with Gasteiger partial charge < -0.3 is 14.4 Å². The van der Waals surface area contributed by atoms with Crippen LogP contribution in [0.15, 0.2) is 36.7 Å². The number of hydrogen-bond acceptors (Lipinski definition) is 5. The van der Waals surface area contributed by atoms with E-state index in [-0.39, 0.29) is 18.3 Å². The maximum atomic E-state index is 13.3. The summed E-state index contributed by atoms with van der Waals surface area (Å²) in [6, 6.07) is 5.97. The van der Waals surface area contributed by atoms with Crippen molar-refractivity contribution < 1.29 is 18.7 Å². The Hall–Kier alpha value is -2.29. The molecule has 4 rings (SSSR count). The molecule has 27 heavy (non-hydrogen) atoms. The second kappa shape index (κ2) is 7.38. The molecule has 8 heteroatoms. The van der Waals surface area contributed by atoms with Gasteiger partial charge >= 0.3 is 0 Å². The first-order chi connectivity index (χ1) is 13.0. The zero-order valence-electron chi connectivity index (χ0n) is 15.3. The summed E-state index contributed by atoms with van der Waals surface area (Å²) < 4.78 is 26.8. The number of morpholine rings is 1. The molecule has 1 aromatic carbocycles. The molecule has 1 aromatic heterocycles. The summed E-state index contributed by atoms with van der Waals surface area (Å²) in [7, 11) is 1.90. The van der Waals surface area contributed by atoms with Crippen molar-refractivity contribution in [2.45, 2.75) is 12.1 Å². The highest BCUT2D eigenvalue weighted by molar-refractivity contribution is 5.95. The number of anilines is 1. The molecule has 3 heterocycles. The van der Waals surface area contributed by atoms with Crippen molar-refractivity contribution >= 4 is 11.6 Å². The van der Waals surface area contributed by atoms with Crippen LogP contribution in [-0.2, 0) is 27.9 Å². The number of aryl methyl sites for hydroxylation is 1. The van der Waals surface area contributed by atoms with Gasteiger partial charge in [-0.15, -0.1) is 0 Å². The lowest BCUT2D eigenvalue weighted by atomic mass is 10.0. The standard InChI is InChI=1S/C19H23FN4O3/c1-22-9-15(8-21-22)10-23-6-7-26-14-19(12-23)13-24(18(25)11-27-19)17-4-2-16(20)3-5-17/h2-5,8-9H,6-7,10-14H2,1H3/t19-/m1/s1. The van der Waals surface area contributed by atoms with E-state index in [2.05, 4.69) is 10.00 Å². The summed E-state index contributed by atoms with van der Waals surface area (Å²) >= 11 is 0. The van der Waals surface area contributed by atoms with Gasteiger partial charge in [-0.05, 0) is 24.3 Å². The van der Waals surface area contributed by atoms with Crippen LogP contribution in [0.25, 0.3) is 0 Å². The summed E-state index contributed by atoms with van der Waals surface area (Å²) in [5.74, 6) is -0.454. The van der Waals surface area contributed by atoms with Crippen molar-refractivity contribution in [1.82, 2.24) is 14.7 Å². The lowest BCUT2D eigenvalue weighted by Gasteiger charge is -2.43. The Kier molecular flexibility index (Phi) is 4.94. The maximum absolute atomic E-state index is 13.3. The van der Waals surface area contributed by atoms with E-state index in [4.69, 9.17) is 9.47 Å². The predicted molar refractivity (Wildman–Crippen MR) is 96.7 cm³/mol. The molecule has 2 aliphatic heterocycles. The number of amides is 1. The number of benzene rings is 1. The molecular weight excluding hydrogens is 351 g/mol. The molecule has 144 valence electrons. The van der Waals surface area contributed by atoms with E-state index in [1.807, 2.05) is 19.4 Å². The summed E-state index contributed by atoms with van der Waals surface area (Å²) in [6.45, 7) is 3.56. The number of aromatic nitrogens is 2. The van der Waals surface area contributed by atoms with Crippen LogP contribution in [0.4, 0.5) is 10.1 Å². The molecule has 0 N–H and O–H groups in total. The SMILES string of the molecule is Cn1cc(CN2CCOC[C@@]3(C2)CN(c2ccc(F)cc2)C(=O)CO3)cn1. The monoisotopic (exact) mass is 374 g/mol. The first kappa shape index (κ1) is 18.1. The highest BCUT2D eigenvalue weighted by Gasteiger charge is 2.43. The average molecular weight is 374 g/mol. The molecule has 7 nitrogen and oxygen atoms in total. The Morgan fingerprint density at radius 1 is 1.26 bits per heavy atom. The molecular formula is C19H23FN4O3. The van der Waals surface area contributed by atoms with Gasteiger partial charge in [-0.3, -0.25) is 14.4 Å². The maximum Gasteiger partial charge on any atom is 0.253 e. The van der Waals surface area contributed by atoms with Crippen molar-refractivity contribution in [2.24, 2.45) is 7.05 Å². The van der Waals surface area contributed by atoms with Gasteiger partial charge in [0, 0.05) is 44.1 Å². The van der Waals surface area contributed by atoms with Crippen molar-refractivity contribution in [3.8, 4) is 0 Å². The molecule has 0 unspecified atom stereocenters. The van der Waals surface area contributed by atoms with Crippen molar-refractivity contribution in [2.75, 3.05) is 44.4 Å². The first-order valence-corrected chi connectivity index (χ1v) is 9.01. The number of rotatable bonds is 3. The van der Waals surface area contributed by atoms with Crippen molar-refractivity contribution in [3.05, 3.63) is 48.0 Å². The summed E-state index contributed by atoms with van der Waals surface area (Å²) in [5.41, 5.74) is 1.19. The molecule has 2 saturated heterocycles. The third-order valence-corrected chi connectivity index (χ3v) is 4.98. The third kappa shape index (κ3) is 4.02. The lowest BCUT2D eigenvalue weighted by molar-refractivity contribution is -0.146. The Labute approximate surface area is 157 Å². The summed E-state index contributed by atoms with van der Waals surface area (Å²) in [4.78, 5) is 16.3. The molecule has 0 radical (unpaired) electrons. The van der Waals surface area contributed by atoms with E-state index < -0.39 is 5.60 Å². The zero-order valence-corrected chi connectivity index (χ0v) is 15.3. The van der Waals surface area contributed by atoms with Crippen LogP contribution < -0.4 is 4.90 Å². The van der Waals surface area contributed by atoms with E-state index in [0.29, 0.717) is 32.0 Å². The minimum absolute atomic E-state index is 0.0124. The molecule has 1 amide bonds. The second-order valence-corrected chi connectivity index (χ2v) is 7.21. The van der Waals surface area contributed by atoms with E-state index in [1.165, 1.54) is 12.1 Å². The van der Waals surface area contributed by atoms with Gasteiger partial charge in [0.1, 0.15) is 18.0 Å². The molecule has 2 fully saturated rings. The van der Waals surface area contributed by atoms with Gasteiger partial charge in [-0.25, -0.2) is 4.39 Å². The molecule has 0 saturated carbocycles. The van der Waals surface area contributed by atoms with Gasteiger partial charge in [-0.1, -0.05) is 0 Å². The van der Waals surface area contributed by atoms with Crippen LogP contribution in [0, 0.1) is 5.82 Å². The van der Waals surface area contributed by atoms with Crippen molar-refractivity contribution in [1.29, 1.82) is 0 Å². The molecule has 0 bridgehead atoms. The normalized spacial score (nSPS) is 24.4. The predicted octanol–water partition coefficient (Wildman–Crippen LogP) is 1.19. The second-order valence-electron chi connectivity index (χ2n) is 7.21. The van der Waals surface area contributed by atoms with Gasteiger partial charge in [0.15, 0.2) is 0 Å². The largest absolute Gasteiger partial charge is 0.377 e. The number of hydrogen-bond donors (Lipinski definition) is 0. The van der Waals surface area contributed by atoms with Gasteiger partial charge in [0.05, 0.1) is 26.0 Å². The fourth-order valence-corrected chi connectivity index (χ4v) is 3.68. The summed E-state index contributed by atoms with van der Waals surface area (Å²) in [6.07, 6.45) is 3.85. The number of carbonyl (C=O) groups excluding carboxylic acids is 1. The average Bonchev–Trinajstić information content (AvgIpc) is 2.96. The van der Waals surface area contributed by atoms with E-state index in [0.717, 1.165) is 18.7 Å². The highest BCUT2D eigenvalue weighted by atomic mass is 19.1. The highest BCUT2D eigenvalue weighted by Crippen LogP contribution is 2.28. The number of carbonyl (C=O) groups is 1. The minimum atomic E-state index is -0.610. The van der Waals surface area contributed by atoms with E-state index in [9.17, 15) is 9.18 Å². The minimum Gasteiger partial charge on any atom is -0.377 e. The Morgan fingerprint density at radius 3 is 2.81 bits per heavy atom. The first-order valence-electron chi connectivity index (χ1n) is 9.01. The van der Waals surface area contributed by atoms with Crippen LogP contribution in [0.3, 0.4) is 0 Å². The van der Waals surface area contributed by atoms with E-state index >= 15 is 0 Å². The summed E-state index contributed by atoms with van der Waals surface area (Å²) in [5, 5.41) is 4.22. The van der Waals surface area contributed by atoms with Crippen LogP contribution in [0.5, 0.6) is 0 Å². The molecule has 2 aromatic rings. The fourth-order valence-electron chi connectivity index (χ4n) is 3.68. The molecule has 2 aliphatic rings. The number of nitrogens with zero attached hydrogens (tertiary/aromatic N) is 4. The van der Waals surface area contributed by atoms with Gasteiger partial charge in [0.25, 0.3) is 5.91 Å². The molecule has 1 atom stereocenters. The Bertz CT molecular complexity index is 810. The third-order valence-electron chi connectivity index (χ3n) is 4.98. The van der Waals surface area contributed by atoms with Crippen LogP contribution in [-0.4, -0.2) is 65.6 Å². The number of halogens is 1. The molecule has 1 spiro atoms. The van der Waals surface area contributed by atoms with Gasteiger partial charge in [-0.2, -0.15) is 5.10 Å². The quantitative estimate of drug-likeness (QED) is 0.808.